The molecule has 1 saturated heterocycles. The minimum absolute atomic E-state index is 0.0571. The van der Waals surface area contributed by atoms with E-state index in [1.165, 1.54) is 35.9 Å². The van der Waals surface area contributed by atoms with Crippen LogP contribution in [0.2, 0.25) is 0 Å². The van der Waals surface area contributed by atoms with Crippen LogP contribution < -0.4 is 10.9 Å². The highest BCUT2D eigenvalue weighted by Gasteiger charge is 2.20. The van der Waals surface area contributed by atoms with Crippen LogP contribution in [0.25, 0.3) is 10.8 Å². The molecule has 3 heterocycles. The third-order valence-electron chi connectivity index (χ3n) is 7.25. The second-order valence-corrected chi connectivity index (χ2v) is 9.44. The summed E-state index contributed by atoms with van der Waals surface area (Å²) in [6, 6.07) is 10.9. The highest BCUT2D eigenvalue weighted by molar-refractivity contribution is 5.87. The molecule has 0 spiro atoms. The lowest BCUT2D eigenvalue weighted by Gasteiger charge is -2.35. The molecule has 3 aromatic rings. The fourth-order valence-corrected chi connectivity index (χ4v) is 5.28. The van der Waals surface area contributed by atoms with E-state index in [1.807, 2.05) is 32.0 Å². The van der Waals surface area contributed by atoms with Crippen molar-refractivity contribution in [1.82, 2.24) is 24.6 Å². The fraction of sp³-hybridized carbons (Fsp3) is 0.519. The van der Waals surface area contributed by atoms with E-state index in [-0.39, 0.29) is 18.0 Å². The maximum absolute atomic E-state index is 13.2. The summed E-state index contributed by atoms with van der Waals surface area (Å²) in [5.74, 6) is -0.169. The number of carbonyl (C=O) groups excluding carboxylic acids is 1. The molecule has 0 saturated carbocycles. The molecule has 0 bridgehead atoms. The Balaban J connectivity index is 1.39. The van der Waals surface area contributed by atoms with Gasteiger partial charge in [-0.15, -0.1) is 0 Å². The van der Waals surface area contributed by atoms with Crippen LogP contribution in [0.4, 0.5) is 0 Å². The monoisotopic (exact) mass is 463 g/mol. The van der Waals surface area contributed by atoms with Gasteiger partial charge < -0.3 is 14.8 Å². The molecule has 34 heavy (non-hydrogen) atoms. The molecule has 1 N–H and O–H groups in total. The molecule has 1 aromatic carbocycles. The van der Waals surface area contributed by atoms with Crippen molar-refractivity contribution in [2.24, 2.45) is 0 Å². The van der Waals surface area contributed by atoms with Crippen molar-refractivity contribution in [2.45, 2.75) is 72.0 Å². The first-order valence-electron chi connectivity index (χ1n) is 12.6. The Labute approximate surface area is 201 Å². The molecule has 1 fully saturated rings. The van der Waals surface area contributed by atoms with E-state index in [4.69, 9.17) is 0 Å². The van der Waals surface area contributed by atoms with Gasteiger partial charge in [0.25, 0.3) is 5.56 Å². The standard InChI is InChI=1S/C27H37N5O2/c1-4-23-13-8-9-15-30(23)16-10-14-28-25(33)19-32-27(34)26-21(3)31(20(2)24(26)17-29-32)18-22-11-6-5-7-12-22/h5-7,11-12,17,23H,4,8-10,13-16,18-19H2,1-3H3,(H,28,33)/t23-/m0/s1. The van der Waals surface area contributed by atoms with E-state index in [9.17, 15) is 9.59 Å². The number of aromatic nitrogens is 3. The number of likely N-dealkylation sites (tertiary alicyclic amines) is 1. The van der Waals surface area contributed by atoms with Gasteiger partial charge in [-0.05, 0) is 51.6 Å². The van der Waals surface area contributed by atoms with E-state index in [2.05, 4.69) is 38.9 Å². The van der Waals surface area contributed by atoms with Crippen molar-refractivity contribution in [2.75, 3.05) is 19.6 Å². The number of hydrogen-bond donors (Lipinski definition) is 1. The summed E-state index contributed by atoms with van der Waals surface area (Å²) in [7, 11) is 0. The van der Waals surface area contributed by atoms with E-state index in [1.54, 1.807) is 6.20 Å². The van der Waals surface area contributed by atoms with E-state index in [0.717, 1.165) is 36.3 Å². The first-order valence-corrected chi connectivity index (χ1v) is 12.6. The molecule has 182 valence electrons. The number of nitrogens with zero attached hydrogens (tertiary/aromatic N) is 4. The molecular weight excluding hydrogens is 426 g/mol. The minimum atomic E-state index is -0.209. The lowest BCUT2D eigenvalue weighted by Crippen LogP contribution is -2.41. The number of aryl methyl sites for hydroxylation is 2. The van der Waals surface area contributed by atoms with Crippen molar-refractivity contribution in [3.05, 3.63) is 63.8 Å². The van der Waals surface area contributed by atoms with Crippen LogP contribution in [0.3, 0.4) is 0 Å². The summed E-state index contributed by atoms with van der Waals surface area (Å²) in [4.78, 5) is 28.3. The normalized spacial score (nSPS) is 16.7. The minimum Gasteiger partial charge on any atom is -0.354 e. The maximum Gasteiger partial charge on any atom is 0.276 e. The van der Waals surface area contributed by atoms with Crippen molar-refractivity contribution >= 4 is 16.7 Å². The topological polar surface area (TPSA) is 72.2 Å². The lowest BCUT2D eigenvalue weighted by atomic mass is 10.00. The molecule has 2 aromatic heterocycles. The highest BCUT2D eigenvalue weighted by Crippen LogP contribution is 2.23. The second-order valence-electron chi connectivity index (χ2n) is 9.44. The number of benzene rings is 1. The van der Waals surface area contributed by atoms with Crippen LogP contribution in [0.5, 0.6) is 0 Å². The Morgan fingerprint density at radius 3 is 2.71 bits per heavy atom. The zero-order chi connectivity index (χ0) is 24.1. The summed E-state index contributed by atoms with van der Waals surface area (Å²) in [6.45, 7) is 9.67. The summed E-state index contributed by atoms with van der Waals surface area (Å²) in [6.07, 6.45) is 7.71. The first-order chi connectivity index (χ1) is 16.5. The SMILES string of the molecule is CC[C@H]1CCCCN1CCCNC(=O)Cn1ncc2c(C)n(Cc3ccccc3)c(C)c2c1=O. The van der Waals surface area contributed by atoms with Crippen LogP contribution >= 0.6 is 0 Å². The molecule has 1 atom stereocenters. The van der Waals surface area contributed by atoms with Gasteiger partial charge in [0.1, 0.15) is 6.54 Å². The maximum atomic E-state index is 13.2. The predicted molar refractivity (Wildman–Crippen MR) is 136 cm³/mol. The van der Waals surface area contributed by atoms with Gasteiger partial charge in [-0.25, -0.2) is 4.68 Å². The molecule has 1 aliphatic heterocycles. The molecular formula is C27H37N5O2. The molecule has 1 aliphatic rings. The van der Waals surface area contributed by atoms with E-state index >= 15 is 0 Å². The predicted octanol–water partition coefficient (Wildman–Crippen LogP) is 3.63. The number of piperidine rings is 1. The number of amides is 1. The number of carbonyl (C=O) groups is 1. The van der Waals surface area contributed by atoms with Crippen LogP contribution in [-0.4, -0.2) is 50.8 Å². The van der Waals surface area contributed by atoms with Gasteiger partial charge in [-0.1, -0.05) is 43.7 Å². The van der Waals surface area contributed by atoms with Gasteiger partial charge >= 0.3 is 0 Å². The quantitative estimate of drug-likeness (QED) is 0.492. The average Bonchev–Trinajstić information content (AvgIpc) is 3.09. The fourth-order valence-electron chi connectivity index (χ4n) is 5.28. The Hall–Kier alpha value is -2.93. The molecule has 7 nitrogen and oxygen atoms in total. The zero-order valence-corrected chi connectivity index (χ0v) is 20.7. The smallest absolute Gasteiger partial charge is 0.276 e. The average molecular weight is 464 g/mol. The molecule has 7 heteroatoms. The highest BCUT2D eigenvalue weighted by atomic mass is 16.2. The Morgan fingerprint density at radius 1 is 1.15 bits per heavy atom. The van der Waals surface area contributed by atoms with Crippen molar-refractivity contribution in [1.29, 1.82) is 0 Å². The lowest BCUT2D eigenvalue weighted by molar-refractivity contribution is -0.121. The summed E-state index contributed by atoms with van der Waals surface area (Å²) >= 11 is 0. The molecule has 0 radical (unpaired) electrons. The van der Waals surface area contributed by atoms with Gasteiger partial charge in [-0.2, -0.15) is 5.10 Å². The molecule has 1 amide bonds. The number of fused-ring (bicyclic) bond motifs is 1. The van der Waals surface area contributed by atoms with Crippen molar-refractivity contribution in [3.63, 3.8) is 0 Å². The second kappa shape index (κ2) is 11.0. The van der Waals surface area contributed by atoms with Gasteiger partial charge in [0.15, 0.2) is 0 Å². The summed E-state index contributed by atoms with van der Waals surface area (Å²) < 4.78 is 3.44. The van der Waals surface area contributed by atoms with Crippen LogP contribution in [-0.2, 0) is 17.9 Å². The van der Waals surface area contributed by atoms with Crippen LogP contribution in [0.1, 0.15) is 56.0 Å². The molecule has 0 aliphatic carbocycles. The van der Waals surface area contributed by atoms with Crippen LogP contribution in [0.15, 0.2) is 41.3 Å². The number of hydrogen-bond acceptors (Lipinski definition) is 4. The van der Waals surface area contributed by atoms with Gasteiger partial charge in [0.2, 0.25) is 5.91 Å². The Kier molecular flexibility index (Phi) is 7.83. The summed E-state index contributed by atoms with van der Waals surface area (Å²) in [5, 5.41) is 8.78. The van der Waals surface area contributed by atoms with E-state index < -0.39 is 0 Å². The zero-order valence-electron chi connectivity index (χ0n) is 20.7. The summed E-state index contributed by atoms with van der Waals surface area (Å²) in [5.41, 5.74) is 2.89. The molecule has 0 unspecified atom stereocenters. The van der Waals surface area contributed by atoms with Gasteiger partial charge in [0, 0.05) is 42.5 Å². The van der Waals surface area contributed by atoms with Gasteiger partial charge in [-0.3, -0.25) is 9.59 Å². The Morgan fingerprint density at radius 2 is 1.94 bits per heavy atom. The van der Waals surface area contributed by atoms with Crippen molar-refractivity contribution < 1.29 is 4.79 Å². The molecule has 4 rings (SSSR count). The van der Waals surface area contributed by atoms with Gasteiger partial charge in [0.05, 0.1) is 11.6 Å². The third-order valence-corrected chi connectivity index (χ3v) is 7.25. The van der Waals surface area contributed by atoms with Crippen molar-refractivity contribution in [3.8, 4) is 0 Å². The Bertz CT molecular complexity index is 1180. The first kappa shape index (κ1) is 24.2. The van der Waals surface area contributed by atoms with E-state index in [0.29, 0.717) is 24.5 Å². The largest absolute Gasteiger partial charge is 0.354 e. The third kappa shape index (κ3) is 5.25. The number of rotatable bonds is 9. The number of nitrogens with one attached hydrogen (secondary N) is 1. The van der Waals surface area contributed by atoms with Crippen LogP contribution in [0, 0.1) is 13.8 Å².